The van der Waals surface area contributed by atoms with Gasteiger partial charge in [0.1, 0.15) is 22.9 Å². The van der Waals surface area contributed by atoms with Crippen LogP contribution in [0.3, 0.4) is 0 Å². The molecule has 0 fully saturated rings. The summed E-state index contributed by atoms with van der Waals surface area (Å²) in [4.78, 5) is 25.8. The standard InChI is InChI=1S/C32H36N4O4S2/c1-8-15-36-26(17-40-23-13-11-22(12-14-23)32(4,5)6)34-35-31(36)42-19-27(37)33-29-28(30(38)39-7)25(18-41-29)24-16-20(2)9-10-21(24)3/h8-14,16,18H,1,15,17,19H2,2-7H3,(H,33,37). The van der Waals surface area contributed by atoms with Crippen molar-refractivity contribution in [2.75, 3.05) is 18.2 Å². The van der Waals surface area contributed by atoms with Gasteiger partial charge in [0.25, 0.3) is 0 Å². The van der Waals surface area contributed by atoms with Crippen LogP contribution in [0.15, 0.2) is 65.7 Å². The van der Waals surface area contributed by atoms with E-state index in [9.17, 15) is 9.59 Å². The number of hydrogen-bond donors (Lipinski definition) is 1. The van der Waals surface area contributed by atoms with Crippen molar-refractivity contribution in [3.63, 3.8) is 0 Å². The molecule has 0 atom stereocenters. The van der Waals surface area contributed by atoms with Crippen LogP contribution in [-0.2, 0) is 28.1 Å². The van der Waals surface area contributed by atoms with Crippen LogP contribution in [0.2, 0.25) is 0 Å². The van der Waals surface area contributed by atoms with Gasteiger partial charge < -0.3 is 14.8 Å². The highest BCUT2D eigenvalue weighted by Gasteiger charge is 2.24. The lowest BCUT2D eigenvalue weighted by molar-refractivity contribution is -0.113. The summed E-state index contributed by atoms with van der Waals surface area (Å²) in [5.74, 6) is 0.661. The van der Waals surface area contributed by atoms with E-state index in [0.29, 0.717) is 28.1 Å². The van der Waals surface area contributed by atoms with Gasteiger partial charge in [-0.15, -0.1) is 28.1 Å². The number of hydrogen-bond acceptors (Lipinski definition) is 8. The number of carbonyl (C=O) groups excluding carboxylic acids is 2. The molecule has 42 heavy (non-hydrogen) atoms. The number of anilines is 1. The average molecular weight is 605 g/mol. The van der Waals surface area contributed by atoms with Crippen molar-refractivity contribution in [1.29, 1.82) is 0 Å². The highest BCUT2D eigenvalue weighted by Crippen LogP contribution is 2.38. The zero-order valence-corrected chi connectivity index (χ0v) is 26.4. The molecule has 2 heterocycles. The molecule has 0 saturated heterocycles. The monoisotopic (exact) mass is 604 g/mol. The summed E-state index contributed by atoms with van der Waals surface area (Å²) in [5.41, 5.74) is 5.40. The third kappa shape index (κ3) is 7.30. The Morgan fingerprint density at radius 3 is 2.50 bits per heavy atom. The van der Waals surface area contributed by atoms with E-state index < -0.39 is 5.97 Å². The van der Waals surface area contributed by atoms with Crippen LogP contribution >= 0.6 is 23.1 Å². The van der Waals surface area contributed by atoms with Gasteiger partial charge in [0, 0.05) is 17.5 Å². The summed E-state index contributed by atoms with van der Waals surface area (Å²) in [7, 11) is 1.34. The maximum atomic E-state index is 13.0. The van der Waals surface area contributed by atoms with Crippen LogP contribution in [0, 0.1) is 13.8 Å². The summed E-state index contributed by atoms with van der Waals surface area (Å²) < 4.78 is 12.9. The molecule has 0 saturated carbocycles. The molecular weight excluding hydrogens is 569 g/mol. The van der Waals surface area contributed by atoms with Gasteiger partial charge in [0.05, 0.1) is 12.9 Å². The smallest absolute Gasteiger partial charge is 0.341 e. The maximum absolute atomic E-state index is 13.0. The summed E-state index contributed by atoms with van der Waals surface area (Å²) in [6.07, 6.45) is 1.75. The zero-order valence-electron chi connectivity index (χ0n) is 24.8. The van der Waals surface area contributed by atoms with E-state index in [-0.39, 0.29) is 23.7 Å². The number of nitrogens with zero attached hydrogens (tertiary/aromatic N) is 3. The third-order valence-electron chi connectivity index (χ3n) is 6.64. The van der Waals surface area contributed by atoms with Crippen LogP contribution in [0.25, 0.3) is 11.1 Å². The number of aryl methyl sites for hydroxylation is 2. The molecule has 0 radical (unpaired) electrons. The average Bonchev–Trinajstić information content (AvgIpc) is 3.55. The first-order valence-electron chi connectivity index (χ1n) is 13.5. The molecule has 8 nitrogen and oxygen atoms in total. The van der Waals surface area contributed by atoms with Crippen molar-refractivity contribution in [2.24, 2.45) is 0 Å². The number of thioether (sulfide) groups is 1. The van der Waals surface area contributed by atoms with Crippen molar-refractivity contribution in [3.8, 4) is 16.9 Å². The zero-order chi connectivity index (χ0) is 30.4. The molecule has 0 bridgehead atoms. The number of allylic oxidation sites excluding steroid dienone is 1. The molecule has 4 rings (SSSR count). The van der Waals surface area contributed by atoms with Gasteiger partial charge in [0.15, 0.2) is 11.0 Å². The Kier molecular flexibility index (Phi) is 9.90. The number of esters is 1. The molecule has 2 aromatic heterocycles. The van der Waals surface area contributed by atoms with Crippen LogP contribution in [0.4, 0.5) is 5.00 Å². The van der Waals surface area contributed by atoms with E-state index in [2.05, 4.69) is 55.0 Å². The minimum atomic E-state index is -0.501. The first-order chi connectivity index (χ1) is 20.0. The lowest BCUT2D eigenvalue weighted by Crippen LogP contribution is -2.16. The Morgan fingerprint density at radius 1 is 1.10 bits per heavy atom. The molecule has 4 aromatic rings. The number of aromatic nitrogens is 3. The van der Waals surface area contributed by atoms with Gasteiger partial charge in [-0.2, -0.15) is 0 Å². The molecule has 0 aliphatic rings. The van der Waals surface area contributed by atoms with Crippen molar-refractivity contribution >= 4 is 40.0 Å². The predicted octanol–water partition coefficient (Wildman–Crippen LogP) is 7.20. The number of amides is 1. The molecule has 0 unspecified atom stereocenters. The molecule has 10 heteroatoms. The van der Waals surface area contributed by atoms with Gasteiger partial charge in [-0.05, 0) is 48.1 Å². The largest absolute Gasteiger partial charge is 0.486 e. The Bertz CT molecular complexity index is 1580. The number of nitrogens with one attached hydrogen (secondary N) is 1. The summed E-state index contributed by atoms with van der Waals surface area (Å²) in [5, 5.41) is 14.4. The van der Waals surface area contributed by atoms with Gasteiger partial charge in [0.2, 0.25) is 5.91 Å². The highest BCUT2D eigenvalue weighted by atomic mass is 32.2. The molecule has 0 aliphatic heterocycles. The van der Waals surface area contributed by atoms with Gasteiger partial charge in [-0.3, -0.25) is 9.36 Å². The SMILES string of the molecule is C=CCn1c(COc2ccc(C(C)(C)C)cc2)nnc1SCC(=O)Nc1scc(-c2cc(C)ccc2C)c1C(=O)OC. The first-order valence-corrected chi connectivity index (χ1v) is 15.3. The Morgan fingerprint density at radius 2 is 1.83 bits per heavy atom. The lowest BCUT2D eigenvalue weighted by atomic mass is 9.87. The second kappa shape index (κ2) is 13.4. The van der Waals surface area contributed by atoms with Crippen molar-refractivity contribution in [1.82, 2.24) is 14.8 Å². The van der Waals surface area contributed by atoms with E-state index in [1.54, 1.807) is 6.08 Å². The van der Waals surface area contributed by atoms with E-state index in [0.717, 1.165) is 28.0 Å². The van der Waals surface area contributed by atoms with E-state index in [1.807, 2.05) is 54.1 Å². The molecule has 1 amide bonds. The van der Waals surface area contributed by atoms with Crippen molar-refractivity contribution in [2.45, 2.75) is 58.3 Å². The van der Waals surface area contributed by atoms with Crippen LogP contribution in [0.5, 0.6) is 5.75 Å². The number of benzene rings is 2. The highest BCUT2D eigenvalue weighted by molar-refractivity contribution is 7.99. The Labute approximate surface area is 255 Å². The first kappa shape index (κ1) is 31.1. The number of thiophene rings is 1. The predicted molar refractivity (Wildman–Crippen MR) is 170 cm³/mol. The van der Waals surface area contributed by atoms with E-state index in [4.69, 9.17) is 9.47 Å². The lowest BCUT2D eigenvalue weighted by Gasteiger charge is -2.19. The van der Waals surface area contributed by atoms with Crippen molar-refractivity contribution in [3.05, 3.63) is 88.6 Å². The molecule has 220 valence electrons. The fourth-order valence-electron chi connectivity index (χ4n) is 4.32. The number of ether oxygens (including phenoxy) is 2. The van der Waals surface area contributed by atoms with Crippen LogP contribution in [0.1, 0.15) is 53.6 Å². The Balaban J connectivity index is 1.45. The molecule has 1 N–H and O–H groups in total. The number of methoxy groups -OCH3 is 1. The van der Waals surface area contributed by atoms with Gasteiger partial charge in [-0.25, -0.2) is 4.79 Å². The second-order valence-electron chi connectivity index (χ2n) is 10.9. The van der Waals surface area contributed by atoms with Crippen molar-refractivity contribution < 1.29 is 19.1 Å². The molecular formula is C32H36N4O4S2. The second-order valence-corrected chi connectivity index (χ2v) is 12.7. The number of rotatable bonds is 11. The van der Waals surface area contributed by atoms with E-state index >= 15 is 0 Å². The fourth-order valence-corrected chi connectivity index (χ4v) is 6.05. The molecule has 0 aliphatic carbocycles. The third-order valence-corrected chi connectivity index (χ3v) is 8.50. The minimum absolute atomic E-state index is 0.0633. The topological polar surface area (TPSA) is 95.3 Å². The molecule has 0 spiro atoms. The quantitative estimate of drug-likeness (QED) is 0.110. The van der Waals surface area contributed by atoms with E-state index in [1.165, 1.54) is 35.8 Å². The Hall–Kier alpha value is -3.89. The minimum Gasteiger partial charge on any atom is -0.486 e. The number of carbonyl (C=O) groups is 2. The normalized spacial score (nSPS) is 11.3. The summed E-state index contributed by atoms with van der Waals surface area (Å²) in [6.45, 7) is 15.0. The maximum Gasteiger partial charge on any atom is 0.341 e. The fraction of sp³-hybridized carbons (Fsp3) is 0.312. The molecule has 2 aromatic carbocycles. The summed E-state index contributed by atoms with van der Waals surface area (Å²) in [6, 6.07) is 14.1. The van der Waals surface area contributed by atoms with Crippen LogP contribution in [-0.4, -0.2) is 39.5 Å². The van der Waals surface area contributed by atoms with Crippen LogP contribution < -0.4 is 10.1 Å². The summed E-state index contributed by atoms with van der Waals surface area (Å²) >= 11 is 2.55. The van der Waals surface area contributed by atoms with Gasteiger partial charge >= 0.3 is 5.97 Å². The van der Waals surface area contributed by atoms with Gasteiger partial charge in [-0.1, -0.05) is 74.5 Å².